The molecule has 2 heterocycles. The lowest BCUT2D eigenvalue weighted by Crippen LogP contribution is -2.36. The first kappa shape index (κ1) is 18.5. The zero-order valence-electron chi connectivity index (χ0n) is 17.4. The van der Waals surface area contributed by atoms with E-state index in [1.165, 1.54) is 22.4 Å². The van der Waals surface area contributed by atoms with Crippen molar-refractivity contribution in [3.05, 3.63) is 71.3 Å². The van der Waals surface area contributed by atoms with Crippen molar-refractivity contribution in [2.45, 2.75) is 51.2 Å². The third kappa shape index (κ3) is 3.08. The molecule has 0 amide bonds. The van der Waals surface area contributed by atoms with E-state index in [0.717, 1.165) is 30.2 Å². The average molecular weight is 388 g/mol. The van der Waals surface area contributed by atoms with Gasteiger partial charge in [0.1, 0.15) is 5.75 Å². The molecule has 0 aromatic heterocycles. The summed E-state index contributed by atoms with van der Waals surface area (Å²) < 4.78 is 6.37. The third-order valence-corrected chi connectivity index (χ3v) is 6.60. The van der Waals surface area contributed by atoms with Crippen LogP contribution in [-0.4, -0.2) is 11.7 Å². The maximum Gasteiger partial charge on any atom is 0.123 e. The van der Waals surface area contributed by atoms with Crippen molar-refractivity contribution in [3.8, 4) is 5.75 Å². The third-order valence-electron chi connectivity index (χ3n) is 6.60. The van der Waals surface area contributed by atoms with Crippen LogP contribution in [0, 0.1) is 5.92 Å². The summed E-state index contributed by atoms with van der Waals surface area (Å²) in [6, 6.07) is 19.0. The number of aromatic hydroxyl groups is 1. The number of phenolic OH excluding ortho intramolecular Hbond substituents is 1. The van der Waals surface area contributed by atoms with Crippen LogP contribution in [0.1, 0.15) is 62.4 Å². The number of fused-ring (bicyclic) bond motifs is 4. The number of phenols is 1. The smallest absolute Gasteiger partial charge is 0.123 e. The van der Waals surface area contributed by atoms with E-state index in [0.29, 0.717) is 11.7 Å². The molecule has 0 radical (unpaired) electrons. The Balaban J connectivity index is 1.65. The Kier molecular flexibility index (Phi) is 4.32. The number of hydrogen-bond acceptors (Lipinski definition) is 3. The summed E-state index contributed by atoms with van der Waals surface area (Å²) in [5.74, 6) is 0.714. The van der Waals surface area contributed by atoms with Gasteiger partial charge in [-0.15, -0.1) is 0 Å². The maximum absolute atomic E-state index is 10.3. The van der Waals surface area contributed by atoms with E-state index < -0.39 is 0 Å². The Morgan fingerprint density at radius 3 is 2.55 bits per heavy atom. The molecular formula is C26H29NO2. The zero-order chi connectivity index (χ0) is 20.2. The fourth-order valence-corrected chi connectivity index (χ4v) is 5.02. The topological polar surface area (TPSA) is 41.5 Å². The van der Waals surface area contributed by atoms with Crippen molar-refractivity contribution in [3.63, 3.8) is 0 Å². The normalized spacial score (nSPS) is 23.9. The Morgan fingerprint density at radius 2 is 1.76 bits per heavy atom. The van der Waals surface area contributed by atoms with Gasteiger partial charge < -0.3 is 15.2 Å². The Morgan fingerprint density at radius 1 is 0.966 bits per heavy atom. The van der Waals surface area contributed by atoms with E-state index in [1.54, 1.807) is 0 Å². The lowest BCUT2D eigenvalue weighted by molar-refractivity contribution is -0.0380. The summed E-state index contributed by atoms with van der Waals surface area (Å²) in [5, 5.41) is 16.2. The van der Waals surface area contributed by atoms with Crippen molar-refractivity contribution < 1.29 is 9.84 Å². The fraction of sp³-hybridized carbons (Fsp3) is 0.385. The minimum Gasteiger partial charge on any atom is -0.507 e. The molecule has 1 saturated heterocycles. The van der Waals surface area contributed by atoms with Gasteiger partial charge in [-0.25, -0.2) is 0 Å². The summed E-state index contributed by atoms with van der Waals surface area (Å²) in [6.45, 7) is 7.60. The van der Waals surface area contributed by atoms with E-state index in [4.69, 9.17) is 4.74 Å². The minimum absolute atomic E-state index is 0.111. The van der Waals surface area contributed by atoms with Gasteiger partial charge >= 0.3 is 0 Å². The van der Waals surface area contributed by atoms with Crippen molar-refractivity contribution in [1.29, 1.82) is 0 Å². The van der Waals surface area contributed by atoms with E-state index in [2.05, 4.69) is 56.4 Å². The molecule has 3 nitrogen and oxygen atoms in total. The number of rotatable bonds is 1. The van der Waals surface area contributed by atoms with Gasteiger partial charge in [0.15, 0.2) is 0 Å². The number of nitrogens with one attached hydrogen (secondary N) is 1. The summed E-state index contributed by atoms with van der Waals surface area (Å²) >= 11 is 0. The zero-order valence-corrected chi connectivity index (χ0v) is 17.4. The van der Waals surface area contributed by atoms with Crippen LogP contribution < -0.4 is 5.32 Å². The average Bonchev–Trinajstić information content (AvgIpc) is 2.73. The van der Waals surface area contributed by atoms with Gasteiger partial charge in [0.25, 0.3) is 0 Å². The molecule has 5 rings (SSSR count). The van der Waals surface area contributed by atoms with E-state index in [9.17, 15) is 5.11 Å². The molecule has 0 bridgehead atoms. The standard InChI is InChI=1S/C26H29NO2/c1-26(2,3)16-10-12-22-21(15-16)25-20(9-6-14-29-25)24(27-22)19-11-13-23(28)18-8-5-4-7-17(18)19/h4-5,7-8,10-13,15,20,24-25,27-28H,6,9,14H2,1-3H3/t20-,24-,25-/m0/s1. The van der Waals surface area contributed by atoms with Crippen molar-refractivity contribution in [2.75, 3.05) is 11.9 Å². The summed E-state index contributed by atoms with van der Waals surface area (Å²) in [4.78, 5) is 0. The molecule has 0 saturated carbocycles. The van der Waals surface area contributed by atoms with Crippen molar-refractivity contribution in [2.24, 2.45) is 5.92 Å². The maximum atomic E-state index is 10.3. The first-order chi connectivity index (χ1) is 13.9. The fourth-order valence-electron chi connectivity index (χ4n) is 5.02. The summed E-state index contributed by atoms with van der Waals surface area (Å²) in [7, 11) is 0. The Bertz CT molecular complexity index is 1070. The molecule has 2 aliphatic heterocycles. The van der Waals surface area contributed by atoms with Crippen LogP contribution in [0.2, 0.25) is 0 Å². The highest BCUT2D eigenvalue weighted by Gasteiger charge is 2.40. The van der Waals surface area contributed by atoms with E-state index in [1.807, 2.05) is 24.3 Å². The van der Waals surface area contributed by atoms with Gasteiger partial charge in [0.05, 0.1) is 12.1 Å². The van der Waals surface area contributed by atoms with Crippen LogP contribution in [0.15, 0.2) is 54.6 Å². The highest BCUT2D eigenvalue weighted by atomic mass is 16.5. The molecule has 29 heavy (non-hydrogen) atoms. The molecule has 3 aromatic rings. The van der Waals surface area contributed by atoms with Gasteiger partial charge in [0.2, 0.25) is 0 Å². The predicted molar refractivity (Wildman–Crippen MR) is 119 cm³/mol. The van der Waals surface area contributed by atoms with Gasteiger partial charge in [-0.1, -0.05) is 63.2 Å². The molecule has 3 atom stereocenters. The van der Waals surface area contributed by atoms with Gasteiger partial charge in [0, 0.05) is 29.2 Å². The Labute approximate surface area is 172 Å². The van der Waals surface area contributed by atoms with E-state index in [-0.39, 0.29) is 17.6 Å². The highest BCUT2D eigenvalue weighted by molar-refractivity contribution is 5.91. The summed E-state index contributed by atoms with van der Waals surface area (Å²) in [6.07, 6.45) is 2.33. The van der Waals surface area contributed by atoms with Gasteiger partial charge in [-0.2, -0.15) is 0 Å². The minimum atomic E-state index is 0.111. The predicted octanol–water partition coefficient (Wildman–Crippen LogP) is 6.48. The SMILES string of the molecule is CC(C)(C)c1ccc2c(c1)[C@H]1OCCC[C@H]1[C@H](c1ccc(O)c3ccccc13)N2. The highest BCUT2D eigenvalue weighted by Crippen LogP contribution is 2.51. The second-order valence-electron chi connectivity index (χ2n) is 9.49. The number of ether oxygens (including phenoxy) is 1. The van der Waals surface area contributed by atoms with Crippen LogP contribution in [-0.2, 0) is 10.2 Å². The van der Waals surface area contributed by atoms with Crippen LogP contribution in [0.4, 0.5) is 5.69 Å². The monoisotopic (exact) mass is 387 g/mol. The molecule has 3 heteroatoms. The Hall–Kier alpha value is -2.52. The van der Waals surface area contributed by atoms with Crippen LogP contribution in [0.25, 0.3) is 10.8 Å². The molecule has 1 fully saturated rings. The molecule has 0 unspecified atom stereocenters. The summed E-state index contributed by atoms with van der Waals surface area (Å²) in [5.41, 5.74) is 5.16. The van der Waals surface area contributed by atoms with Crippen molar-refractivity contribution >= 4 is 16.5 Å². The number of benzene rings is 3. The molecule has 150 valence electrons. The lowest BCUT2D eigenvalue weighted by atomic mass is 9.75. The largest absolute Gasteiger partial charge is 0.507 e. The second kappa shape index (κ2) is 6.77. The molecule has 2 N–H and O–H groups in total. The first-order valence-corrected chi connectivity index (χ1v) is 10.7. The molecule has 3 aromatic carbocycles. The van der Waals surface area contributed by atoms with Gasteiger partial charge in [-0.05, 0) is 46.9 Å². The quantitative estimate of drug-likeness (QED) is 0.502. The second-order valence-corrected chi connectivity index (χ2v) is 9.49. The lowest BCUT2D eigenvalue weighted by Gasteiger charge is -2.44. The van der Waals surface area contributed by atoms with Crippen LogP contribution in [0.3, 0.4) is 0 Å². The number of hydrogen-bond donors (Lipinski definition) is 2. The molecule has 0 spiro atoms. The first-order valence-electron chi connectivity index (χ1n) is 10.7. The van der Waals surface area contributed by atoms with Gasteiger partial charge in [-0.3, -0.25) is 0 Å². The van der Waals surface area contributed by atoms with Crippen LogP contribution in [0.5, 0.6) is 5.75 Å². The van der Waals surface area contributed by atoms with Crippen LogP contribution >= 0.6 is 0 Å². The van der Waals surface area contributed by atoms with Crippen molar-refractivity contribution in [1.82, 2.24) is 0 Å². The van der Waals surface area contributed by atoms with E-state index >= 15 is 0 Å². The molecule has 0 aliphatic carbocycles. The number of anilines is 1. The molecule has 2 aliphatic rings. The molecular weight excluding hydrogens is 358 g/mol.